The van der Waals surface area contributed by atoms with Crippen LogP contribution in [-0.4, -0.2) is 16.4 Å². The van der Waals surface area contributed by atoms with Crippen LogP contribution >= 0.6 is 27.7 Å². The van der Waals surface area contributed by atoms with Gasteiger partial charge in [0, 0.05) is 4.90 Å². The number of carbonyl (C=O) groups excluding carboxylic acids is 1. The van der Waals surface area contributed by atoms with Crippen molar-refractivity contribution < 1.29 is 23.1 Å². The molecule has 0 aliphatic carbocycles. The fourth-order valence-electron chi connectivity index (χ4n) is 1.43. The maximum absolute atomic E-state index is 12.4. The van der Waals surface area contributed by atoms with Gasteiger partial charge in [-0.15, -0.1) is 0 Å². The Bertz CT molecular complexity index is 448. The van der Waals surface area contributed by atoms with Crippen molar-refractivity contribution in [3.05, 3.63) is 29.3 Å². The van der Waals surface area contributed by atoms with E-state index in [9.17, 15) is 23.1 Å². The minimum absolute atomic E-state index is 0.0896. The number of benzene rings is 1. The third-order valence-corrected chi connectivity index (χ3v) is 4.15. The Hall–Kier alpha value is -0.530. The molecule has 2 nitrogen and oxygen atoms in total. The van der Waals surface area contributed by atoms with E-state index in [2.05, 4.69) is 15.9 Å². The Morgan fingerprint density at radius 2 is 2.11 bits per heavy atom. The lowest BCUT2D eigenvalue weighted by molar-refractivity contribution is -0.116. The van der Waals surface area contributed by atoms with E-state index in [1.165, 1.54) is 25.1 Å². The van der Waals surface area contributed by atoms with Crippen LogP contribution in [0.5, 0.6) is 0 Å². The van der Waals surface area contributed by atoms with E-state index in [1.54, 1.807) is 0 Å². The summed E-state index contributed by atoms with van der Waals surface area (Å²) in [6.45, 7) is 0.772. The minimum Gasteiger partial charge on any atom is -0.392 e. The van der Waals surface area contributed by atoms with Gasteiger partial charge in [0.15, 0.2) is 0 Å². The average molecular weight is 343 g/mol. The molecule has 1 aromatic rings. The topological polar surface area (TPSA) is 37.3 Å². The Balaban J connectivity index is 3.22. The summed E-state index contributed by atoms with van der Waals surface area (Å²) in [5, 5.41) is 9.21. The summed E-state index contributed by atoms with van der Waals surface area (Å²) < 4.78 is 37.1. The van der Waals surface area contributed by atoms with Gasteiger partial charge < -0.3 is 5.11 Å². The lowest BCUT2D eigenvalue weighted by Gasteiger charge is -2.16. The van der Waals surface area contributed by atoms with Crippen molar-refractivity contribution in [3.8, 4) is 0 Å². The SMILES string of the molecule is CC(=O)C(Br)c1cccc(SC(F)(F)F)c1CO. The molecule has 0 saturated carbocycles. The number of ketones is 1. The van der Waals surface area contributed by atoms with E-state index in [4.69, 9.17) is 0 Å². The van der Waals surface area contributed by atoms with Crippen molar-refractivity contribution in [1.82, 2.24) is 0 Å². The lowest BCUT2D eigenvalue weighted by Crippen LogP contribution is -2.08. The molecule has 1 atom stereocenters. The fraction of sp³-hybridized carbons (Fsp3) is 0.364. The number of aliphatic hydroxyl groups excluding tert-OH is 1. The monoisotopic (exact) mass is 342 g/mol. The number of carbonyl (C=O) groups is 1. The Labute approximate surface area is 115 Å². The highest BCUT2D eigenvalue weighted by atomic mass is 79.9. The second-order valence-corrected chi connectivity index (χ2v) is 5.53. The summed E-state index contributed by atoms with van der Waals surface area (Å²) in [5.41, 5.74) is -3.95. The highest BCUT2D eigenvalue weighted by Gasteiger charge is 2.31. The van der Waals surface area contributed by atoms with Crippen LogP contribution in [0.25, 0.3) is 0 Å². The fourth-order valence-corrected chi connectivity index (χ4v) is 2.56. The van der Waals surface area contributed by atoms with Crippen molar-refractivity contribution in [2.45, 2.75) is 28.8 Å². The van der Waals surface area contributed by atoms with Gasteiger partial charge in [0.2, 0.25) is 0 Å². The van der Waals surface area contributed by atoms with Crippen LogP contribution in [0.1, 0.15) is 22.9 Å². The smallest absolute Gasteiger partial charge is 0.392 e. The summed E-state index contributed by atoms with van der Waals surface area (Å²) in [4.78, 5) is 10.4. The van der Waals surface area contributed by atoms with Crippen LogP contribution in [-0.2, 0) is 11.4 Å². The first-order valence-corrected chi connectivity index (χ1v) is 6.62. The van der Waals surface area contributed by atoms with Crippen LogP contribution in [0.4, 0.5) is 13.2 Å². The molecule has 1 aromatic carbocycles. The molecule has 0 aliphatic heterocycles. The van der Waals surface area contributed by atoms with E-state index in [-0.39, 0.29) is 28.0 Å². The van der Waals surface area contributed by atoms with Crippen LogP contribution in [0.3, 0.4) is 0 Å². The number of rotatable bonds is 4. The molecule has 1 rings (SSSR count). The normalized spacial score (nSPS) is 13.4. The minimum atomic E-state index is -4.43. The number of thioether (sulfide) groups is 1. The summed E-state index contributed by atoms with van der Waals surface area (Å²) in [6.07, 6.45) is 0. The zero-order valence-electron chi connectivity index (χ0n) is 9.29. The zero-order chi connectivity index (χ0) is 13.9. The lowest BCUT2D eigenvalue weighted by atomic mass is 10.0. The van der Waals surface area contributed by atoms with Gasteiger partial charge in [0.05, 0.1) is 11.4 Å². The molecule has 0 fully saturated rings. The standard InChI is InChI=1S/C11H10BrF3O2S/c1-6(17)10(12)7-3-2-4-9(8(7)5-16)18-11(13,14)15/h2-4,10,16H,5H2,1H3. The van der Waals surface area contributed by atoms with Gasteiger partial charge in [0.1, 0.15) is 5.78 Å². The summed E-state index contributed by atoms with van der Waals surface area (Å²) in [5.74, 6) is -0.237. The number of aliphatic hydroxyl groups is 1. The Morgan fingerprint density at radius 3 is 2.56 bits per heavy atom. The van der Waals surface area contributed by atoms with Crippen LogP contribution < -0.4 is 0 Å². The maximum atomic E-state index is 12.4. The van der Waals surface area contributed by atoms with Crippen molar-refractivity contribution in [3.63, 3.8) is 0 Å². The first-order chi connectivity index (χ1) is 8.26. The molecule has 1 unspecified atom stereocenters. The Kier molecular flexibility index (Phi) is 5.24. The third-order valence-electron chi connectivity index (χ3n) is 2.18. The Morgan fingerprint density at radius 1 is 1.50 bits per heavy atom. The zero-order valence-corrected chi connectivity index (χ0v) is 11.7. The molecule has 100 valence electrons. The van der Waals surface area contributed by atoms with E-state index < -0.39 is 16.9 Å². The van der Waals surface area contributed by atoms with Gasteiger partial charge in [-0.25, -0.2) is 0 Å². The first kappa shape index (κ1) is 15.5. The van der Waals surface area contributed by atoms with E-state index in [0.717, 1.165) is 0 Å². The molecule has 7 heteroatoms. The second kappa shape index (κ2) is 6.08. The predicted octanol–water partition coefficient (Wildman–Crippen LogP) is 3.82. The van der Waals surface area contributed by atoms with Crippen molar-refractivity contribution in [2.24, 2.45) is 0 Å². The number of alkyl halides is 4. The van der Waals surface area contributed by atoms with Crippen LogP contribution in [0, 0.1) is 0 Å². The molecule has 0 aromatic heterocycles. The van der Waals surface area contributed by atoms with E-state index in [1.807, 2.05) is 0 Å². The van der Waals surface area contributed by atoms with Gasteiger partial charge in [0.25, 0.3) is 0 Å². The molecule has 0 radical (unpaired) electrons. The number of hydrogen-bond acceptors (Lipinski definition) is 3. The number of hydrogen-bond donors (Lipinski definition) is 1. The molecule has 0 heterocycles. The molecule has 0 spiro atoms. The second-order valence-electron chi connectivity index (χ2n) is 3.50. The maximum Gasteiger partial charge on any atom is 0.446 e. The van der Waals surface area contributed by atoms with E-state index >= 15 is 0 Å². The molecular formula is C11H10BrF3O2S. The molecule has 0 amide bonds. The largest absolute Gasteiger partial charge is 0.446 e. The summed E-state index contributed by atoms with van der Waals surface area (Å²) in [7, 11) is 0. The van der Waals surface area contributed by atoms with Crippen LogP contribution in [0.15, 0.2) is 23.1 Å². The highest BCUT2D eigenvalue weighted by molar-refractivity contribution is 9.09. The first-order valence-electron chi connectivity index (χ1n) is 4.89. The van der Waals surface area contributed by atoms with Crippen LogP contribution in [0.2, 0.25) is 0 Å². The van der Waals surface area contributed by atoms with Crippen molar-refractivity contribution in [1.29, 1.82) is 0 Å². The molecule has 0 bridgehead atoms. The molecular weight excluding hydrogens is 333 g/mol. The summed E-state index contributed by atoms with van der Waals surface area (Å²) >= 11 is 2.81. The third kappa shape index (κ3) is 4.00. The predicted molar refractivity (Wildman–Crippen MR) is 66.6 cm³/mol. The average Bonchev–Trinajstić information content (AvgIpc) is 2.25. The van der Waals surface area contributed by atoms with E-state index in [0.29, 0.717) is 5.56 Å². The van der Waals surface area contributed by atoms with Gasteiger partial charge in [-0.05, 0) is 35.9 Å². The summed E-state index contributed by atoms with van der Waals surface area (Å²) in [6, 6.07) is 4.22. The van der Waals surface area contributed by atoms with Gasteiger partial charge in [-0.3, -0.25) is 4.79 Å². The number of halogens is 4. The molecule has 0 saturated heterocycles. The van der Waals surface area contributed by atoms with Gasteiger partial charge >= 0.3 is 5.51 Å². The quantitative estimate of drug-likeness (QED) is 0.667. The molecule has 1 N–H and O–H groups in total. The number of Topliss-reactive ketones (excluding diaryl/α,β-unsaturated/α-hetero) is 1. The van der Waals surface area contributed by atoms with Crippen molar-refractivity contribution >= 4 is 33.5 Å². The molecule has 0 aliphatic rings. The van der Waals surface area contributed by atoms with Gasteiger partial charge in [-0.1, -0.05) is 28.1 Å². The molecule has 18 heavy (non-hydrogen) atoms. The van der Waals surface area contributed by atoms with Crippen molar-refractivity contribution in [2.75, 3.05) is 0 Å². The highest BCUT2D eigenvalue weighted by Crippen LogP contribution is 2.41. The van der Waals surface area contributed by atoms with Gasteiger partial charge in [-0.2, -0.15) is 13.2 Å².